The van der Waals surface area contributed by atoms with Crippen molar-refractivity contribution in [2.75, 3.05) is 4.72 Å². The molecular formula is C12H11BrClN3O2S. The van der Waals surface area contributed by atoms with Crippen molar-refractivity contribution < 1.29 is 8.42 Å². The van der Waals surface area contributed by atoms with Gasteiger partial charge in [0.05, 0.1) is 0 Å². The normalized spacial score (nSPS) is 11.4. The maximum absolute atomic E-state index is 12.3. The van der Waals surface area contributed by atoms with E-state index in [4.69, 9.17) is 11.6 Å². The Bertz CT molecular complexity index is 745. The second kappa shape index (κ2) is 5.67. The van der Waals surface area contributed by atoms with Gasteiger partial charge in [0.1, 0.15) is 10.0 Å². The van der Waals surface area contributed by atoms with E-state index in [2.05, 4.69) is 30.6 Å². The van der Waals surface area contributed by atoms with E-state index in [9.17, 15) is 8.42 Å². The first-order valence-corrected chi connectivity index (χ1v) is 8.23. The highest BCUT2D eigenvalue weighted by Crippen LogP contribution is 2.24. The summed E-state index contributed by atoms with van der Waals surface area (Å²) < 4.78 is 27.4. The highest BCUT2D eigenvalue weighted by atomic mass is 79.9. The number of hydrogen-bond acceptors (Lipinski definition) is 4. The van der Waals surface area contributed by atoms with Crippen LogP contribution >= 0.6 is 27.5 Å². The van der Waals surface area contributed by atoms with Crippen LogP contribution in [0.25, 0.3) is 0 Å². The summed E-state index contributed by atoms with van der Waals surface area (Å²) >= 11 is 9.02. The molecule has 106 valence electrons. The van der Waals surface area contributed by atoms with Gasteiger partial charge in [-0.15, -0.1) is 0 Å². The molecule has 0 spiro atoms. The molecule has 0 fully saturated rings. The number of anilines is 1. The highest BCUT2D eigenvalue weighted by molar-refractivity contribution is 9.10. The van der Waals surface area contributed by atoms with Gasteiger partial charge in [-0.2, -0.15) is 0 Å². The van der Waals surface area contributed by atoms with Crippen molar-refractivity contribution in [3.8, 4) is 0 Å². The van der Waals surface area contributed by atoms with Gasteiger partial charge in [-0.3, -0.25) is 0 Å². The number of hydrogen-bond donors (Lipinski definition) is 1. The first-order valence-electron chi connectivity index (χ1n) is 5.58. The van der Waals surface area contributed by atoms with Gasteiger partial charge in [0.2, 0.25) is 5.95 Å². The number of aromatic nitrogens is 2. The van der Waals surface area contributed by atoms with E-state index in [0.717, 1.165) is 5.56 Å². The topological polar surface area (TPSA) is 72.0 Å². The van der Waals surface area contributed by atoms with Crippen molar-refractivity contribution in [2.24, 2.45) is 0 Å². The van der Waals surface area contributed by atoms with Crippen LogP contribution in [0.3, 0.4) is 0 Å². The van der Waals surface area contributed by atoms with E-state index in [1.54, 1.807) is 25.1 Å². The SMILES string of the molecule is Cc1ccc(S(=O)(=O)Nc2nc(C)cc(Cl)n2)c(Br)c1. The number of nitrogens with one attached hydrogen (secondary N) is 1. The molecule has 1 N–H and O–H groups in total. The molecule has 0 saturated heterocycles. The zero-order valence-electron chi connectivity index (χ0n) is 10.7. The van der Waals surface area contributed by atoms with Crippen molar-refractivity contribution in [3.63, 3.8) is 0 Å². The molecule has 2 rings (SSSR count). The largest absolute Gasteiger partial charge is 0.265 e. The van der Waals surface area contributed by atoms with Crippen LogP contribution < -0.4 is 4.72 Å². The lowest BCUT2D eigenvalue weighted by molar-refractivity contribution is 0.600. The van der Waals surface area contributed by atoms with Crippen molar-refractivity contribution in [1.82, 2.24) is 9.97 Å². The Labute approximate surface area is 130 Å². The zero-order chi connectivity index (χ0) is 14.9. The molecule has 0 atom stereocenters. The average molecular weight is 377 g/mol. The second-order valence-corrected chi connectivity index (χ2v) is 7.09. The van der Waals surface area contributed by atoms with Crippen molar-refractivity contribution in [2.45, 2.75) is 18.7 Å². The van der Waals surface area contributed by atoms with Crippen LogP contribution in [0.2, 0.25) is 5.15 Å². The average Bonchev–Trinajstić information content (AvgIpc) is 2.25. The number of rotatable bonds is 3. The van der Waals surface area contributed by atoms with Crippen molar-refractivity contribution in [3.05, 3.63) is 45.1 Å². The van der Waals surface area contributed by atoms with E-state index in [1.165, 1.54) is 6.07 Å². The van der Waals surface area contributed by atoms with Gasteiger partial charge in [-0.1, -0.05) is 17.7 Å². The molecule has 0 bridgehead atoms. The van der Waals surface area contributed by atoms with Gasteiger partial charge in [0.15, 0.2) is 0 Å². The van der Waals surface area contributed by atoms with Crippen LogP contribution in [0.5, 0.6) is 0 Å². The van der Waals surface area contributed by atoms with Gasteiger partial charge in [-0.05, 0) is 53.5 Å². The minimum Gasteiger partial charge on any atom is -0.247 e. The van der Waals surface area contributed by atoms with Crippen LogP contribution in [0.4, 0.5) is 5.95 Å². The van der Waals surface area contributed by atoms with Gasteiger partial charge >= 0.3 is 0 Å². The summed E-state index contributed by atoms with van der Waals surface area (Å²) in [5.74, 6) is -0.0533. The molecule has 2 aromatic rings. The predicted molar refractivity (Wildman–Crippen MR) is 81.5 cm³/mol. The molecule has 0 radical (unpaired) electrons. The first kappa shape index (κ1) is 15.2. The van der Waals surface area contributed by atoms with Crippen molar-refractivity contribution in [1.29, 1.82) is 0 Å². The molecule has 5 nitrogen and oxygen atoms in total. The Kier molecular flexibility index (Phi) is 4.31. The summed E-state index contributed by atoms with van der Waals surface area (Å²) in [5, 5.41) is 0.179. The summed E-state index contributed by atoms with van der Waals surface area (Å²) in [4.78, 5) is 7.95. The Morgan fingerprint density at radius 2 is 1.90 bits per heavy atom. The molecule has 0 amide bonds. The number of aryl methyl sites for hydroxylation is 2. The summed E-state index contributed by atoms with van der Waals surface area (Å²) in [5.41, 5.74) is 1.52. The van der Waals surface area contributed by atoms with Gasteiger partial charge in [0.25, 0.3) is 10.0 Å². The van der Waals surface area contributed by atoms with E-state index < -0.39 is 10.0 Å². The van der Waals surface area contributed by atoms with Crippen LogP contribution in [0, 0.1) is 13.8 Å². The molecule has 0 aliphatic heterocycles. The number of benzene rings is 1. The molecule has 0 unspecified atom stereocenters. The molecule has 0 aliphatic rings. The third kappa shape index (κ3) is 3.47. The predicted octanol–water partition coefficient (Wildman–Crippen LogP) is 3.31. The standard InChI is InChI=1S/C12H11BrClN3O2S/c1-7-3-4-10(9(13)5-7)20(18,19)17-12-15-8(2)6-11(14)16-12/h3-6H,1-2H3,(H,15,16,17). The molecule has 8 heteroatoms. The van der Waals surface area contributed by atoms with Crippen LogP contribution in [-0.2, 0) is 10.0 Å². The number of sulfonamides is 1. The first-order chi connectivity index (χ1) is 9.28. The van der Waals surface area contributed by atoms with E-state index in [1.807, 2.05) is 6.92 Å². The zero-order valence-corrected chi connectivity index (χ0v) is 13.8. The number of nitrogens with zero attached hydrogens (tertiary/aromatic N) is 2. The van der Waals surface area contributed by atoms with Crippen molar-refractivity contribution >= 4 is 43.5 Å². The van der Waals surface area contributed by atoms with Crippen LogP contribution in [-0.4, -0.2) is 18.4 Å². The monoisotopic (exact) mass is 375 g/mol. The maximum atomic E-state index is 12.3. The second-order valence-electron chi connectivity index (χ2n) is 4.20. The van der Waals surface area contributed by atoms with E-state index in [-0.39, 0.29) is 16.0 Å². The smallest absolute Gasteiger partial charge is 0.247 e. The fourth-order valence-electron chi connectivity index (χ4n) is 1.57. The Morgan fingerprint density at radius 1 is 1.20 bits per heavy atom. The molecule has 1 aromatic heterocycles. The molecule has 1 aromatic carbocycles. The maximum Gasteiger partial charge on any atom is 0.265 e. The molecule has 0 aliphatic carbocycles. The summed E-state index contributed by atoms with van der Waals surface area (Å²) in [6.07, 6.45) is 0. The third-order valence-electron chi connectivity index (χ3n) is 2.43. The Balaban J connectivity index is 2.40. The lowest BCUT2D eigenvalue weighted by Gasteiger charge is -2.09. The number of halogens is 2. The Hall–Kier alpha value is -1.18. The van der Waals surface area contributed by atoms with E-state index in [0.29, 0.717) is 10.2 Å². The quantitative estimate of drug-likeness (QED) is 0.834. The molecular weight excluding hydrogens is 366 g/mol. The van der Waals surface area contributed by atoms with Crippen LogP contribution in [0.15, 0.2) is 33.6 Å². The Morgan fingerprint density at radius 3 is 2.50 bits per heavy atom. The fraction of sp³-hybridized carbons (Fsp3) is 0.167. The summed E-state index contributed by atoms with van der Waals surface area (Å²) in [7, 11) is -3.77. The van der Waals surface area contributed by atoms with Crippen LogP contribution in [0.1, 0.15) is 11.3 Å². The summed E-state index contributed by atoms with van der Waals surface area (Å²) in [6.45, 7) is 3.57. The van der Waals surface area contributed by atoms with Gasteiger partial charge in [0, 0.05) is 10.2 Å². The molecule has 20 heavy (non-hydrogen) atoms. The molecule has 1 heterocycles. The minimum absolute atomic E-state index is 0.0533. The summed E-state index contributed by atoms with van der Waals surface area (Å²) in [6, 6.07) is 6.49. The van der Waals surface area contributed by atoms with Gasteiger partial charge < -0.3 is 0 Å². The minimum atomic E-state index is -3.77. The van der Waals surface area contributed by atoms with Gasteiger partial charge in [-0.25, -0.2) is 23.1 Å². The lowest BCUT2D eigenvalue weighted by atomic mass is 10.2. The van der Waals surface area contributed by atoms with E-state index >= 15 is 0 Å². The fourth-order valence-corrected chi connectivity index (χ4v) is 3.95. The molecule has 0 saturated carbocycles. The highest BCUT2D eigenvalue weighted by Gasteiger charge is 2.19. The third-order valence-corrected chi connectivity index (χ3v) is 4.92. The lowest BCUT2D eigenvalue weighted by Crippen LogP contribution is -2.16.